The Hall–Kier alpha value is -2.60. The number of fused-ring (bicyclic) bond motifs is 1. The van der Waals surface area contributed by atoms with Crippen LogP contribution in [0.15, 0.2) is 52.1 Å². The SMILES string of the molecule is Cc1cc(C)cc(-c2nnc(SC(C)C(=O)N3CCCc4ccccc43)o2)c1. The maximum absolute atomic E-state index is 13.0. The number of benzene rings is 2. The summed E-state index contributed by atoms with van der Waals surface area (Å²) in [5.41, 5.74) is 5.45. The lowest BCUT2D eigenvalue weighted by molar-refractivity contribution is -0.117. The van der Waals surface area contributed by atoms with Gasteiger partial charge in [-0.05, 0) is 57.4 Å². The van der Waals surface area contributed by atoms with E-state index in [1.807, 2.05) is 56.0 Å². The predicted molar refractivity (Wildman–Crippen MR) is 112 cm³/mol. The average molecular weight is 394 g/mol. The topological polar surface area (TPSA) is 59.2 Å². The number of hydrogen-bond acceptors (Lipinski definition) is 5. The van der Waals surface area contributed by atoms with E-state index in [2.05, 4.69) is 22.3 Å². The Morgan fingerprint density at radius 2 is 1.89 bits per heavy atom. The molecule has 0 saturated carbocycles. The summed E-state index contributed by atoms with van der Waals surface area (Å²) in [6.45, 7) is 6.72. The number of thioether (sulfide) groups is 1. The summed E-state index contributed by atoms with van der Waals surface area (Å²) >= 11 is 1.31. The van der Waals surface area contributed by atoms with Gasteiger partial charge in [-0.2, -0.15) is 0 Å². The summed E-state index contributed by atoms with van der Waals surface area (Å²) < 4.78 is 5.83. The van der Waals surface area contributed by atoms with Gasteiger partial charge < -0.3 is 9.32 Å². The molecular weight excluding hydrogens is 370 g/mol. The molecule has 0 fully saturated rings. The number of rotatable bonds is 4. The molecule has 28 heavy (non-hydrogen) atoms. The van der Waals surface area contributed by atoms with Gasteiger partial charge in [0.2, 0.25) is 11.8 Å². The highest BCUT2D eigenvalue weighted by Crippen LogP contribution is 2.32. The number of amides is 1. The molecule has 2 heterocycles. The second kappa shape index (κ2) is 7.80. The highest BCUT2D eigenvalue weighted by Gasteiger charge is 2.28. The summed E-state index contributed by atoms with van der Waals surface area (Å²) in [7, 11) is 0. The van der Waals surface area contributed by atoms with E-state index in [0.717, 1.165) is 41.8 Å². The number of aromatic nitrogens is 2. The van der Waals surface area contributed by atoms with Crippen LogP contribution in [0.1, 0.15) is 30.0 Å². The molecule has 0 N–H and O–H groups in total. The van der Waals surface area contributed by atoms with Crippen molar-refractivity contribution in [3.05, 3.63) is 59.2 Å². The van der Waals surface area contributed by atoms with Gasteiger partial charge in [-0.1, -0.05) is 47.2 Å². The zero-order valence-electron chi connectivity index (χ0n) is 16.3. The van der Waals surface area contributed by atoms with Crippen molar-refractivity contribution in [2.75, 3.05) is 11.4 Å². The molecule has 1 aliphatic heterocycles. The molecule has 144 valence electrons. The van der Waals surface area contributed by atoms with E-state index in [-0.39, 0.29) is 11.2 Å². The number of carbonyl (C=O) groups excluding carboxylic acids is 1. The van der Waals surface area contributed by atoms with Gasteiger partial charge in [0.25, 0.3) is 5.22 Å². The number of hydrogen-bond donors (Lipinski definition) is 0. The molecule has 1 aromatic heterocycles. The lowest BCUT2D eigenvalue weighted by atomic mass is 10.0. The minimum atomic E-state index is -0.307. The standard InChI is InChI=1S/C22H23N3O2S/c1-14-11-15(2)13-18(12-14)20-23-24-22(27-20)28-16(3)21(26)25-10-6-8-17-7-4-5-9-19(17)25/h4-5,7,9,11-13,16H,6,8,10H2,1-3H3. The fourth-order valence-electron chi connectivity index (χ4n) is 3.66. The van der Waals surface area contributed by atoms with Crippen LogP contribution in [0.2, 0.25) is 0 Å². The van der Waals surface area contributed by atoms with Crippen molar-refractivity contribution in [1.29, 1.82) is 0 Å². The zero-order valence-corrected chi connectivity index (χ0v) is 17.1. The Labute approximate surface area is 169 Å². The van der Waals surface area contributed by atoms with Crippen LogP contribution >= 0.6 is 11.8 Å². The molecule has 1 atom stereocenters. The van der Waals surface area contributed by atoms with Crippen molar-refractivity contribution >= 4 is 23.4 Å². The Morgan fingerprint density at radius 1 is 1.14 bits per heavy atom. The van der Waals surface area contributed by atoms with Crippen LogP contribution in [-0.2, 0) is 11.2 Å². The Balaban J connectivity index is 1.49. The third kappa shape index (κ3) is 3.83. The second-order valence-corrected chi connectivity index (χ2v) is 8.52. The van der Waals surface area contributed by atoms with E-state index in [1.54, 1.807) is 0 Å². The van der Waals surface area contributed by atoms with Crippen molar-refractivity contribution in [2.45, 2.75) is 44.1 Å². The summed E-state index contributed by atoms with van der Waals surface area (Å²) in [6, 6.07) is 14.3. The summed E-state index contributed by atoms with van der Waals surface area (Å²) in [5, 5.41) is 8.42. The number of para-hydroxylation sites is 1. The van der Waals surface area contributed by atoms with Crippen LogP contribution in [0.5, 0.6) is 0 Å². The fraction of sp³-hybridized carbons (Fsp3) is 0.318. The minimum Gasteiger partial charge on any atom is -0.411 e. The second-order valence-electron chi connectivity index (χ2n) is 7.23. The Kier molecular flexibility index (Phi) is 5.22. The number of aryl methyl sites for hydroxylation is 3. The Morgan fingerprint density at radius 3 is 2.68 bits per heavy atom. The van der Waals surface area contributed by atoms with E-state index in [9.17, 15) is 4.79 Å². The molecule has 0 radical (unpaired) electrons. The molecule has 4 rings (SSSR count). The molecule has 0 spiro atoms. The van der Waals surface area contributed by atoms with Crippen molar-refractivity contribution in [3.63, 3.8) is 0 Å². The van der Waals surface area contributed by atoms with E-state index in [1.165, 1.54) is 17.3 Å². The van der Waals surface area contributed by atoms with Crippen molar-refractivity contribution < 1.29 is 9.21 Å². The van der Waals surface area contributed by atoms with Gasteiger partial charge in [-0.25, -0.2) is 0 Å². The molecule has 3 aromatic rings. The van der Waals surface area contributed by atoms with Gasteiger partial charge in [0.15, 0.2) is 0 Å². The van der Waals surface area contributed by atoms with Crippen molar-refractivity contribution in [1.82, 2.24) is 10.2 Å². The highest BCUT2D eigenvalue weighted by atomic mass is 32.2. The quantitative estimate of drug-likeness (QED) is 0.595. The van der Waals surface area contributed by atoms with Gasteiger partial charge in [0.1, 0.15) is 0 Å². The molecule has 1 aliphatic rings. The minimum absolute atomic E-state index is 0.0725. The third-order valence-electron chi connectivity index (χ3n) is 4.88. The van der Waals surface area contributed by atoms with Crippen LogP contribution in [0, 0.1) is 13.8 Å². The predicted octanol–water partition coefficient (Wildman–Crippen LogP) is 4.81. The summed E-state index contributed by atoms with van der Waals surface area (Å²) in [6.07, 6.45) is 2.00. The third-order valence-corrected chi connectivity index (χ3v) is 5.80. The summed E-state index contributed by atoms with van der Waals surface area (Å²) in [5.74, 6) is 0.556. The number of carbonyl (C=O) groups is 1. The van der Waals surface area contributed by atoms with Crippen LogP contribution in [0.3, 0.4) is 0 Å². The maximum Gasteiger partial charge on any atom is 0.277 e. The maximum atomic E-state index is 13.0. The van der Waals surface area contributed by atoms with Crippen molar-refractivity contribution in [2.24, 2.45) is 0 Å². The van der Waals surface area contributed by atoms with E-state index < -0.39 is 0 Å². The molecule has 1 unspecified atom stereocenters. The first-order chi connectivity index (χ1) is 13.5. The first-order valence-corrected chi connectivity index (χ1v) is 10.4. The summed E-state index contributed by atoms with van der Waals surface area (Å²) in [4.78, 5) is 14.9. The van der Waals surface area contributed by atoms with Crippen LogP contribution < -0.4 is 4.90 Å². The van der Waals surface area contributed by atoms with Crippen LogP contribution in [0.25, 0.3) is 11.5 Å². The molecule has 5 nitrogen and oxygen atoms in total. The molecule has 6 heteroatoms. The van der Waals surface area contributed by atoms with Crippen LogP contribution in [-0.4, -0.2) is 27.9 Å². The van der Waals surface area contributed by atoms with Crippen LogP contribution in [0.4, 0.5) is 5.69 Å². The first kappa shape index (κ1) is 18.7. The number of anilines is 1. The fourth-order valence-corrected chi connectivity index (χ4v) is 4.40. The van der Waals surface area contributed by atoms with E-state index in [0.29, 0.717) is 11.1 Å². The molecule has 2 aromatic carbocycles. The zero-order chi connectivity index (χ0) is 19.7. The smallest absolute Gasteiger partial charge is 0.277 e. The molecule has 0 aliphatic carbocycles. The van der Waals surface area contributed by atoms with Gasteiger partial charge in [-0.3, -0.25) is 4.79 Å². The van der Waals surface area contributed by atoms with Gasteiger partial charge >= 0.3 is 0 Å². The average Bonchev–Trinajstić information content (AvgIpc) is 3.15. The lowest BCUT2D eigenvalue weighted by Gasteiger charge is -2.31. The molecular formula is C22H23N3O2S. The molecule has 0 saturated heterocycles. The Bertz CT molecular complexity index is 994. The van der Waals surface area contributed by atoms with Gasteiger partial charge in [0.05, 0.1) is 5.25 Å². The monoisotopic (exact) mass is 393 g/mol. The van der Waals surface area contributed by atoms with Crippen molar-refractivity contribution in [3.8, 4) is 11.5 Å². The van der Waals surface area contributed by atoms with Gasteiger partial charge in [-0.15, -0.1) is 10.2 Å². The van der Waals surface area contributed by atoms with Gasteiger partial charge in [0, 0.05) is 17.8 Å². The number of nitrogens with zero attached hydrogens (tertiary/aromatic N) is 3. The van der Waals surface area contributed by atoms with E-state index >= 15 is 0 Å². The lowest BCUT2D eigenvalue weighted by Crippen LogP contribution is -2.40. The largest absolute Gasteiger partial charge is 0.411 e. The normalized spacial score (nSPS) is 14.6. The van der Waals surface area contributed by atoms with E-state index in [4.69, 9.17) is 4.42 Å². The molecule has 0 bridgehead atoms. The highest BCUT2D eigenvalue weighted by molar-refractivity contribution is 8.00. The molecule has 1 amide bonds. The first-order valence-electron chi connectivity index (χ1n) is 9.49.